The molecule has 1 rings (SSSR count). The largest absolute Gasteiger partial charge is 0.385 e. The number of hydrogen-bond acceptors (Lipinski definition) is 3. The monoisotopic (exact) mass is 242 g/mol. The summed E-state index contributed by atoms with van der Waals surface area (Å²) in [5, 5.41) is 0. The Balaban J connectivity index is 2.62. The second-order valence-corrected chi connectivity index (χ2v) is 4.08. The van der Waals surface area contributed by atoms with E-state index in [1.165, 1.54) is 0 Å². The number of halogens is 1. The lowest BCUT2D eigenvalue weighted by Crippen LogP contribution is -2.21. The third kappa shape index (κ3) is 3.65. The van der Waals surface area contributed by atoms with Crippen molar-refractivity contribution >= 4 is 17.4 Å². The summed E-state index contributed by atoms with van der Waals surface area (Å²) in [6.07, 6.45) is 1.00. The zero-order valence-corrected chi connectivity index (χ0v) is 10.9. The molecule has 0 saturated heterocycles. The SMILES string of the molecule is COCCCN(C)c1ccc(CCl)c(C)n1. The van der Waals surface area contributed by atoms with Crippen LogP contribution in [0.2, 0.25) is 0 Å². The van der Waals surface area contributed by atoms with Gasteiger partial charge in [-0.25, -0.2) is 4.98 Å². The quantitative estimate of drug-likeness (QED) is 0.567. The van der Waals surface area contributed by atoms with Crippen molar-refractivity contribution in [2.24, 2.45) is 0 Å². The molecule has 0 saturated carbocycles. The van der Waals surface area contributed by atoms with Crippen molar-refractivity contribution in [3.63, 3.8) is 0 Å². The van der Waals surface area contributed by atoms with Crippen LogP contribution in [0, 0.1) is 6.92 Å². The van der Waals surface area contributed by atoms with Crippen LogP contribution in [0.25, 0.3) is 0 Å². The molecule has 0 radical (unpaired) electrons. The van der Waals surface area contributed by atoms with Gasteiger partial charge in [0, 0.05) is 38.9 Å². The highest BCUT2D eigenvalue weighted by molar-refractivity contribution is 6.17. The van der Waals surface area contributed by atoms with E-state index in [0.717, 1.165) is 36.6 Å². The van der Waals surface area contributed by atoms with Crippen LogP contribution in [-0.2, 0) is 10.6 Å². The fourth-order valence-corrected chi connectivity index (χ4v) is 1.77. The highest BCUT2D eigenvalue weighted by Gasteiger charge is 2.04. The summed E-state index contributed by atoms with van der Waals surface area (Å²) in [6, 6.07) is 4.05. The second kappa shape index (κ2) is 6.71. The summed E-state index contributed by atoms with van der Waals surface area (Å²) in [5.41, 5.74) is 2.10. The average molecular weight is 243 g/mol. The fraction of sp³-hybridized carbons (Fsp3) is 0.583. The van der Waals surface area contributed by atoms with Gasteiger partial charge in [0.05, 0.1) is 0 Å². The topological polar surface area (TPSA) is 25.4 Å². The third-order valence-electron chi connectivity index (χ3n) is 2.56. The fourth-order valence-electron chi connectivity index (χ4n) is 1.49. The highest BCUT2D eigenvalue weighted by Crippen LogP contribution is 2.15. The van der Waals surface area contributed by atoms with Crippen molar-refractivity contribution < 1.29 is 4.74 Å². The first-order valence-electron chi connectivity index (χ1n) is 5.41. The number of ether oxygens (including phenoxy) is 1. The van der Waals surface area contributed by atoms with E-state index in [1.54, 1.807) is 7.11 Å². The Bertz CT molecular complexity index is 331. The van der Waals surface area contributed by atoms with Crippen LogP contribution in [0.5, 0.6) is 0 Å². The van der Waals surface area contributed by atoms with Gasteiger partial charge in [-0.2, -0.15) is 0 Å². The Morgan fingerprint density at radius 2 is 2.19 bits per heavy atom. The van der Waals surface area contributed by atoms with Crippen molar-refractivity contribution in [3.8, 4) is 0 Å². The molecule has 90 valence electrons. The van der Waals surface area contributed by atoms with E-state index in [4.69, 9.17) is 16.3 Å². The maximum absolute atomic E-state index is 5.80. The molecule has 16 heavy (non-hydrogen) atoms. The predicted molar refractivity (Wildman–Crippen MR) is 68.3 cm³/mol. The van der Waals surface area contributed by atoms with Crippen LogP contribution in [0.3, 0.4) is 0 Å². The molecular weight excluding hydrogens is 224 g/mol. The van der Waals surface area contributed by atoms with Crippen molar-refractivity contribution in [2.75, 3.05) is 32.2 Å². The standard InChI is InChI=1S/C12H19ClN2O/c1-10-11(9-13)5-6-12(14-10)15(2)7-4-8-16-3/h5-6H,4,7-9H2,1-3H3. The number of rotatable bonds is 6. The number of aromatic nitrogens is 1. The van der Waals surface area contributed by atoms with Crippen LogP contribution in [-0.4, -0.2) is 32.3 Å². The Labute approximate surface area is 102 Å². The number of nitrogens with zero attached hydrogens (tertiary/aromatic N) is 2. The summed E-state index contributed by atoms with van der Waals surface area (Å²) in [6.45, 7) is 3.72. The summed E-state index contributed by atoms with van der Waals surface area (Å²) in [5.74, 6) is 1.51. The average Bonchev–Trinajstić information content (AvgIpc) is 2.29. The molecular formula is C12H19ClN2O. The van der Waals surface area contributed by atoms with Gasteiger partial charge in [0.15, 0.2) is 0 Å². The molecule has 0 aliphatic heterocycles. The van der Waals surface area contributed by atoms with Gasteiger partial charge in [-0.1, -0.05) is 6.07 Å². The molecule has 1 aromatic rings. The lowest BCUT2D eigenvalue weighted by Gasteiger charge is -2.18. The van der Waals surface area contributed by atoms with E-state index in [9.17, 15) is 0 Å². The minimum atomic E-state index is 0.520. The Hall–Kier alpha value is -0.800. The first kappa shape index (κ1) is 13.3. The molecule has 0 amide bonds. The number of anilines is 1. The maximum atomic E-state index is 5.80. The van der Waals surface area contributed by atoms with Gasteiger partial charge in [0.25, 0.3) is 0 Å². The zero-order valence-electron chi connectivity index (χ0n) is 10.2. The van der Waals surface area contributed by atoms with Gasteiger partial charge in [-0.3, -0.25) is 0 Å². The Kier molecular flexibility index (Phi) is 5.56. The van der Waals surface area contributed by atoms with Crippen LogP contribution in [0.4, 0.5) is 5.82 Å². The van der Waals surface area contributed by atoms with E-state index in [-0.39, 0.29) is 0 Å². The van der Waals surface area contributed by atoms with Crippen molar-refractivity contribution in [2.45, 2.75) is 19.2 Å². The molecule has 0 aliphatic carbocycles. The van der Waals surface area contributed by atoms with Gasteiger partial charge in [-0.05, 0) is 25.0 Å². The minimum Gasteiger partial charge on any atom is -0.385 e. The number of aryl methyl sites for hydroxylation is 1. The van der Waals surface area contributed by atoms with Crippen molar-refractivity contribution in [3.05, 3.63) is 23.4 Å². The first-order chi connectivity index (χ1) is 7.69. The van der Waals surface area contributed by atoms with E-state index in [1.807, 2.05) is 26.1 Å². The molecule has 1 aromatic heterocycles. The molecule has 0 fully saturated rings. The van der Waals surface area contributed by atoms with Crippen LogP contribution in [0.15, 0.2) is 12.1 Å². The molecule has 0 bridgehead atoms. The van der Waals surface area contributed by atoms with E-state index < -0.39 is 0 Å². The summed E-state index contributed by atoms with van der Waals surface area (Å²) in [4.78, 5) is 6.65. The zero-order chi connectivity index (χ0) is 12.0. The summed E-state index contributed by atoms with van der Waals surface area (Å²) in [7, 11) is 3.76. The van der Waals surface area contributed by atoms with Crippen LogP contribution in [0.1, 0.15) is 17.7 Å². The molecule has 1 heterocycles. The molecule has 0 atom stereocenters. The number of methoxy groups -OCH3 is 1. The molecule has 3 nitrogen and oxygen atoms in total. The third-order valence-corrected chi connectivity index (χ3v) is 2.85. The normalized spacial score (nSPS) is 10.5. The summed E-state index contributed by atoms with van der Waals surface area (Å²) >= 11 is 5.80. The van der Waals surface area contributed by atoms with Crippen LogP contribution < -0.4 is 4.90 Å². The molecule has 0 aliphatic rings. The molecule has 0 spiro atoms. The lowest BCUT2D eigenvalue weighted by atomic mass is 10.2. The Morgan fingerprint density at radius 1 is 1.44 bits per heavy atom. The van der Waals surface area contributed by atoms with E-state index >= 15 is 0 Å². The number of pyridine rings is 1. The molecule has 0 unspecified atom stereocenters. The van der Waals surface area contributed by atoms with E-state index in [0.29, 0.717) is 5.88 Å². The summed E-state index contributed by atoms with van der Waals surface area (Å²) < 4.78 is 5.02. The van der Waals surface area contributed by atoms with Gasteiger partial charge in [-0.15, -0.1) is 11.6 Å². The second-order valence-electron chi connectivity index (χ2n) is 3.82. The first-order valence-corrected chi connectivity index (χ1v) is 5.95. The smallest absolute Gasteiger partial charge is 0.128 e. The molecule has 4 heteroatoms. The number of hydrogen-bond donors (Lipinski definition) is 0. The minimum absolute atomic E-state index is 0.520. The van der Waals surface area contributed by atoms with Crippen LogP contribution >= 0.6 is 11.6 Å². The van der Waals surface area contributed by atoms with Gasteiger partial charge >= 0.3 is 0 Å². The van der Waals surface area contributed by atoms with Gasteiger partial charge in [0.1, 0.15) is 5.82 Å². The Morgan fingerprint density at radius 3 is 2.75 bits per heavy atom. The van der Waals surface area contributed by atoms with Crippen molar-refractivity contribution in [1.82, 2.24) is 4.98 Å². The predicted octanol–water partition coefficient (Wildman–Crippen LogP) is 2.60. The molecule has 0 N–H and O–H groups in total. The van der Waals surface area contributed by atoms with E-state index in [2.05, 4.69) is 9.88 Å². The molecule has 0 aromatic carbocycles. The number of alkyl halides is 1. The maximum Gasteiger partial charge on any atom is 0.128 e. The lowest BCUT2D eigenvalue weighted by molar-refractivity contribution is 0.196. The highest BCUT2D eigenvalue weighted by atomic mass is 35.5. The van der Waals surface area contributed by atoms with Gasteiger partial charge in [0.2, 0.25) is 0 Å². The van der Waals surface area contributed by atoms with Crippen molar-refractivity contribution in [1.29, 1.82) is 0 Å². The van der Waals surface area contributed by atoms with Gasteiger partial charge < -0.3 is 9.64 Å².